The van der Waals surface area contributed by atoms with Gasteiger partial charge in [-0.3, -0.25) is 20.2 Å². The van der Waals surface area contributed by atoms with Gasteiger partial charge < -0.3 is 24.8 Å². The lowest BCUT2D eigenvalue weighted by Gasteiger charge is -2.25. The van der Waals surface area contributed by atoms with Gasteiger partial charge in [0.25, 0.3) is 5.91 Å². The number of rotatable bonds is 12. The molecule has 2 heterocycles. The number of methoxy groups -OCH3 is 2. The molecule has 2 amide bonds. The molecule has 2 atom stereocenters. The molecule has 2 aliphatic rings. The molecule has 43 heavy (non-hydrogen) atoms. The van der Waals surface area contributed by atoms with Crippen molar-refractivity contribution in [2.45, 2.75) is 31.2 Å². The number of epoxide rings is 1. The summed E-state index contributed by atoms with van der Waals surface area (Å²) in [6.45, 7) is 1.87. The molecule has 10 nitrogen and oxygen atoms in total. The molecule has 0 bridgehead atoms. The molecule has 2 unspecified atom stereocenters. The van der Waals surface area contributed by atoms with E-state index in [9.17, 15) is 9.59 Å². The highest BCUT2D eigenvalue weighted by molar-refractivity contribution is 6.35. The Morgan fingerprint density at radius 3 is 2.58 bits per heavy atom. The SMILES string of the molecule is COc1ccc(CC(=O)NC(N)=NC(Cc2ccc(Cl)cc2Cl)C2(NCCN3Cc4ccccc4C3=O)CO2)cc1OC. The fraction of sp³-hybridized carbons (Fsp3) is 0.323. The molecule has 5 rings (SSSR count). The van der Waals surface area contributed by atoms with Crippen molar-refractivity contribution in [2.75, 3.05) is 33.9 Å². The Hall–Kier alpha value is -3.83. The fourth-order valence-corrected chi connectivity index (χ4v) is 5.65. The van der Waals surface area contributed by atoms with Gasteiger partial charge in [0.15, 0.2) is 23.2 Å². The number of benzene rings is 3. The molecule has 0 saturated carbocycles. The van der Waals surface area contributed by atoms with Crippen molar-refractivity contribution in [1.82, 2.24) is 15.5 Å². The number of nitrogens with zero attached hydrogens (tertiary/aromatic N) is 2. The van der Waals surface area contributed by atoms with Crippen molar-refractivity contribution in [1.29, 1.82) is 0 Å². The molecular formula is C31H33Cl2N5O5. The topological polar surface area (TPSA) is 131 Å². The minimum absolute atomic E-state index is 0.00659. The molecule has 12 heteroatoms. The standard InChI is InChI=1S/C31H33Cl2N5O5/c1-41-25-10-7-19(13-26(25)42-2)14-28(39)37-30(34)36-27(15-20-8-9-22(32)16-24(20)33)31(18-43-31)35-11-12-38-17-21-5-3-4-6-23(21)29(38)40/h3-10,13,16,27,35H,11-12,14-15,17-18H2,1-2H3,(H3,34,36,37,39). The number of ether oxygens (including phenoxy) is 3. The van der Waals surface area contributed by atoms with Crippen LogP contribution in [0.2, 0.25) is 10.0 Å². The summed E-state index contributed by atoms with van der Waals surface area (Å²) in [7, 11) is 3.08. The summed E-state index contributed by atoms with van der Waals surface area (Å²) in [6, 6.07) is 17.6. The van der Waals surface area contributed by atoms with Crippen molar-refractivity contribution >= 4 is 41.0 Å². The maximum Gasteiger partial charge on any atom is 0.254 e. The number of halogens is 2. The van der Waals surface area contributed by atoms with Gasteiger partial charge in [0.05, 0.1) is 27.2 Å². The van der Waals surface area contributed by atoms with E-state index in [4.69, 9.17) is 43.1 Å². The van der Waals surface area contributed by atoms with Gasteiger partial charge in [0, 0.05) is 41.7 Å². The number of nitrogens with one attached hydrogen (secondary N) is 2. The second-order valence-electron chi connectivity index (χ2n) is 10.4. The molecule has 3 aromatic rings. The maximum absolute atomic E-state index is 12.9. The van der Waals surface area contributed by atoms with Crippen LogP contribution in [0, 0.1) is 0 Å². The number of nitrogens with two attached hydrogens (primary N) is 1. The van der Waals surface area contributed by atoms with Crippen LogP contribution < -0.4 is 25.8 Å². The summed E-state index contributed by atoms with van der Waals surface area (Å²) in [5.74, 6) is 0.696. The van der Waals surface area contributed by atoms with Gasteiger partial charge >= 0.3 is 0 Å². The van der Waals surface area contributed by atoms with Gasteiger partial charge in [-0.1, -0.05) is 53.5 Å². The van der Waals surface area contributed by atoms with Crippen LogP contribution in [0.15, 0.2) is 65.7 Å². The summed E-state index contributed by atoms with van der Waals surface area (Å²) in [5, 5.41) is 7.11. The summed E-state index contributed by atoms with van der Waals surface area (Å²) in [4.78, 5) is 32.1. The monoisotopic (exact) mass is 625 g/mol. The molecule has 0 radical (unpaired) electrons. The number of hydrogen-bond acceptors (Lipinski definition) is 7. The van der Waals surface area contributed by atoms with Crippen LogP contribution in [-0.4, -0.2) is 68.4 Å². The highest BCUT2D eigenvalue weighted by atomic mass is 35.5. The van der Waals surface area contributed by atoms with Crippen LogP contribution in [0.3, 0.4) is 0 Å². The van der Waals surface area contributed by atoms with E-state index in [0.717, 1.165) is 22.3 Å². The zero-order valence-electron chi connectivity index (χ0n) is 23.9. The van der Waals surface area contributed by atoms with E-state index < -0.39 is 11.8 Å². The average Bonchev–Trinajstić information content (AvgIpc) is 3.71. The predicted molar refractivity (Wildman–Crippen MR) is 165 cm³/mol. The summed E-state index contributed by atoms with van der Waals surface area (Å²) < 4.78 is 16.5. The summed E-state index contributed by atoms with van der Waals surface area (Å²) >= 11 is 12.6. The van der Waals surface area contributed by atoms with Crippen molar-refractivity contribution in [3.63, 3.8) is 0 Å². The van der Waals surface area contributed by atoms with Crippen LogP contribution in [0.25, 0.3) is 0 Å². The predicted octanol–water partition coefficient (Wildman–Crippen LogP) is 3.57. The molecule has 4 N–H and O–H groups in total. The lowest BCUT2D eigenvalue weighted by molar-refractivity contribution is -0.119. The van der Waals surface area contributed by atoms with Crippen LogP contribution in [-0.2, 0) is 28.9 Å². The van der Waals surface area contributed by atoms with E-state index in [1.807, 2.05) is 30.3 Å². The third kappa shape index (κ3) is 7.22. The zero-order valence-corrected chi connectivity index (χ0v) is 25.4. The number of fused-ring (bicyclic) bond motifs is 1. The highest BCUT2D eigenvalue weighted by Crippen LogP contribution is 2.34. The maximum atomic E-state index is 12.9. The van der Waals surface area contributed by atoms with Gasteiger partial charge in [-0.2, -0.15) is 0 Å². The number of guanidine groups is 1. The first-order valence-corrected chi connectivity index (χ1v) is 14.5. The second-order valence-corrected chi connectivity index (χ2v) is 11.2. The molecule has 1 saturated heterocycles. The summed E-state index contributed by atoms with van der Waals surface area (Å²) in [5.41, 5.74) is 8.66. The second kappa shape index (κ2) is 13.2. The number of hydrogen-bond donors (Lipinski definition) is 3. The van der Waals surface area contributed by atoms with Crippen molar-refractivity contribution in [3.05, 3.63) is 93.0 Å². The highest BCUT2D eigenvalue weighted by Gasteiger charge is 2.52. The Morgan fingerprint density at radius 1 is 1.12 bits per heavy atom. The van der Waals surface area contributed by atoms with Crippen LogP contribution in [0.5, 0.6) is 11.5 Å². The number of carbonyl (C=O) groups excluding carboxylic acids is 2. The van der Waals surface area contributed by atoms with Gasteiger partial charge in [0.2, 0.25) is 5.91 Å². The molecule has 226 valence electrons. The van der Waals surface area contributed by atoms with Crippen molar-refractivity contribution in [3.8, 4) is 11.5 Å². The Morgan fingerprint density at radius 2 is 1.88 bits per heavy atom. The minimum atomic E-state index is -0.850. The fourth-order valence-electron chi connectivity index (χ4n) is 5.16. The van der Waals surface area contributed by atoms with E-state index in [2.05, 4.69) is 15.6 Å². The number of amides is 2. The lowest BCUT2D eigenvalue weighted by atomic mass is 10.00. The van der Waals surface area contributed by atoms with E-state index in [1.165, 1.54) is 7.11 Å². The third-order valence-corrected chi connectivity index (χ3v) is 8.09. The first-order chi connectivity index (χ1) is 20.7. The van der Waals surface area contributed by atoms with Crippen molar-refractivity contribution in [2.24, 2.45) is 10.7 Å². The molecule has 0 aliphatic carbocycles. The van der Waals surface area contributed by atoms with E-state index in [-0.39, 0.29) is 24.2 Å². The van der Waals surface area contributed by atoms with Crippen LogP contribution in [0.1, 0.15) is 27.0 Å². The summed E-state index contributed by atoms with van der Waals surface area (Å²) in [6.07, 6.45) is 0.416. The van der Waals surface area contributed by atoms with Crippen LogP contribution >= 0.6 is 23.2 Å². The zero-order chi connectivity index (χ0) is 30.6. The Kier molecular flexibility index (Phi) is 9.41. The lowest BCUT2D eigenvalue weighted by Crippen LogP contribution is -2.49. The van der Waals surface area contributed by atoms with Crippen LogP contribution in [0.4, 0.5) is 0 Å². The third-order valence-electron chi connectivity index (χ3n) is 7.50. The quantitative estimate of drug-likeness (QED) is 0.159. The Balaban J connectivity index is 1.27. The largest absolute Gasteiger partial charge is 0.493 e. The number of carbonyl (C=O) groups is 2. The number of aliphatic imine (C=N–C) groups is 1. The smallest absolute Gasteiger partial charge is 0.254 e. The van der Waals surface area contributed by atoms with Gasteiger partial charge in [-0.05, 0) is 47.0 Å². The van der Waals surface area contributed by atoms with Gasteiger partial charge in [-0.25, -0.2) is 4.99 Å². The molecular weight excluding hydrogens is 593 g/mol. The Bertz CT molecular complexity index is 1540. The first-order valence-electron chi connectivity index (χ1n) is 13.8. The molecule has 2 aliphatic heterocycles. The van der Waals surface area contributed by atoms with Crippen molar-refractivity contribution < 1.29 is 23.8 Å². The minimum Gasteiger partial charge on any atom is -0.493 e. The molecule has 0 aromatic heterocycles. The molecule has 3 aromatic carbocycles. The first kappa shape index (κ1) is 30.6. The van der Waals surface area contributed by atoms with E-state index in [0.29, 0.717) is 54.2 Å². The van der Waals surface area contributed by atoms with E-state index >= 15 is 0 Å². The molecule has 1 fully saturated rings. The Labute approximate surface area is 260 Å². The average molecular weight is 627 g/mol. The molecule has 0 spiro atoms. The van der Waals surface area contributed by atoms with E-state index in [1.54, 1.807) is 42.3 Å². The normalized spacial score (nSPS) is 18.3. The van der Waals surface area contributed by atoms with Gasteiger partial charge in [-0.15, -0.1) is 0 Å². The van der Waals surface area contributed by atoms with Gasteiger partial charge in [0.1, 0.15) is 6.04 Å².